The van der Waals surface area contributed by atoms with Crippen LogP contribution in [0.25, 0.3) is 0 Å². The maximum absolute atomic E-state index is 12.0. The minimum Gasteiger partial charge on any atom is -0.355 e. The number of carbonyl (C=O) groups excluding carboxylic acids is 2. The molecule has 2 N–H and O–H groups in total. The van der Waals surface area contributed by atoms with Gasteiger partial charge >= 0.3 is 0 Å². The quantitative estimate of drug-likeness (QED) is 0.898. The first-order valence-corrected chi connectivity index (χ1v) is 7.69. The van der Waals surface area contributed by atoms with Gasteiger partial charge in [-0.2, -0.15) is 0 Å². The molecule has 0 atom stereocenters. The number of hydrogen-bond donors (Lipinski definition) is 2. The number of hydrogen-bond acceptors (Lipinski definition) is 2. The van der Waals surface area contributed by atoms with Crippen molar-refractivity contribution in [3.8, 4) is 0 Å². The second-order valence-corrected chi connectivity index (χ2v) is 7.66. The van der Waals surface area contributed by atoms with E-state index in [1.807, 2.05) is 65.8 Å². The van der Waals surface area contributed by atoms with Gasteiger partial charge in [-0.05, 0) is 44.9 Å². The molecular formula is C18H28N2O2. The van der Waals surface area contributed by atoms with Crippen molar-refractivity contribution in [1.29, 1.82) is 0 Å². The highest BCUT2D eigenvalue weighted by molar-refractivity contribution is 5.94. The number of benzene rings is 1. The summed E-state index contributed by atoms with van der Waals surface area (Å²) in [5.41, 5.74) is 1.14. The summed E-state index contributed by atoms with van der Waals surface area (Å²) in [6.45, 7) is 12.1. The van der Waals surface area contributed by atoms with Gasteiger partial charge in [0, 0.05) is 23.1 Å². The molecule has 22 heavy (non-hydrogen) atoms. The maximum atomic E-state index is 12.0. The third-order valence-electron chi connectivity index (χ3n) is 3.09. The second-order valence-electron chi connectivity index (χ2n) is 7.66. The van der Waals surface area contributed by atoms with E-state index in [2.05, 4.69) is 10.6 Å². The molecular weight excluding hydrogens is 276 g/mol. The van der Waals surface area contributed by atoms with E-state index in [1.165, 1.54) is 0 Å². The molecule has 1 aromatic carbocycles. The van der Waals surface area contributed by atoms with Crippen LogP contribution in [0.15, 0.2) is 24.3 Å². The van der Waals surface area contributed by atoms with E-state index >= 15 is 0 Å². The summed E-state index contributed by atoms with van der Waals surface area (Å²) in [7, 11) is 0. The third kappa shape index (κ3) is 6.29. The Morgan fingerprint density at radius 2 is 1.50 bits per heavy atom. The van der Waals surface area contributed by atoms with Gasteiger partial charge in [0.05, 0.1) is 0 Å². The molecule has 0 aliphatic rings. The third-order valence-corrected chi connectivity index (χ3v) is 3.09. The van der Waals surface area contributed by atoms with Crippen molar-refractivity contribution >= 4 is 11.8 Å². The lowest BCUT2D eigenvalue weighted by Gasteiger charge is -2.20. The zero-order chi connectivity index (χ0) is 17.0. The Labute approximate surface area is 133 Å². The van der Waals surface area contributed by atoms with Gasteiger partial charge < -0.3 is 10.6 Å². The Morgan fingerprint density at radius 3 is 1.95 bits per heavy atom. The number of amides is 2. The molecule has 0 aromatic heterocycles. The first kappa shape index (κ1) is 18.2. The van der Waals surface area contributed by atoms with Crippen LogP contribution >= 0.6 is 0 Å². The molecule has 0 unspecified atom stereocenters. The van der Waals surface area contributed by atoms with Gasteiger partial charge in [-0.1, -0.05) is 32.9 Å². The molecule has 2 amide bonds. The topological polar surface area (TPSA) is 58.2 Å². The van der Waals surface area contributed by atoms with Crippen LogP contribution in [0.5, 0.6) is 0 Å². The summed E-state index contributed by atoms with van der Waals surface area (Å²) in [4.78, 5) is 23.8. The minimum absolute atomic E-state index is 0.0497. The van der Waals surface area contributed by atoms with Crippen molar-refractivity contribution in [3.63, 3.8) is 0 Å². The van der Waals surface area contributed by atoms with Crippen molar-refractivity contribution in [2.45, 2.75) is 53.5 Å². The SMILES string of the molecule is CC(C)(C)NC(=O)c1ccc(CCNC(=O)C(C)(C)C)cc1. The lowest BCUT2D eigenvalue weighted by atomic mass is 9.95. The van der Waals surface area contributed by atoms with Crippen LogP contribution in [0.2, 0.25) is 0 Å². The molecule has 0 heterocycles. The molecule has 1 aromatic rings. The fraction of sp³-hybridized carbons (Fsp3) is 0.556. The zero-order valence-electron chi connectivity index (χ0n) is 14.5. The number of rotatable bonds is 4. The van der Waals surface area contributed by atoms with Crippen molar-refractivity contribution in [1.82, 2.24) is 10.6 Å². The van der Waals surface area contributed by atoms with E-state index in [4.69, 9.17) is 0 Å². The lowest BCUT2D eigenvalue weighted by Crippen LogP contribution is -2.40. The smallest absolute Gasteiger partial charge is 0.251 e. The second kappa shape index (κ2) is 6.95. The van der Waals surface area contributed by atoms with Gasteiger partial charge in [0.15, 0.2) is 0 Å². The number of nitrogens with one attached hydrogen (secondary N) is 2. The molecule has 0 fully saturated rings. The highest BCUT2D eigenvalue weighted by Crippen LogP contribution is 2.12. The van der Waals surface area contributed by atoms with Crippen LogP contribution in [0.3, 0.4) is 0 Å². The summed E-state index contributed by atoms with van der Waals surface area (Å²) in [6.07, 6.45) is 0.753. The summed E-state index contributed by atoms with van der Waals surface area (Å²) in [6, 6.07) is 7.51. The minimum atomic E-state index is -0.366. The van der Waals surface area contributed by atoms with Gasteiger partial charge in [0.1, 0.15) is 0 Å². The van der Waals surface area contributed by atoms with E-state index in [9.17, 15) is 9.59 Å². The van der Waals surface area contributed by atoms with Crippen LogP contribution in [0.1, 0.15) is 57.5 Å². The molecule has 122 valence electrons. The molecule has 1 rings (SSSR count). The van der Waals surface area contributed by atoms with Crippen molar-refractivity contribution in [2.75, 3.05) is 6.54 Å². The predicted octanol–water partition coefficient (Wildman–Crippen LogP) is 2.92. The van der Waals surface area contributed by atoms with E-state index < -0.39 is 0 Å². The number of carbonyl (C=O) groups is 2. The Kier molecular flexibility index (Phi) is 5.75. The average Bonchev–Trinajstić information content (AvgIpc) is 2.36. The molecule has 0 aliphatic carbocycles. The molecule has 0 radical (unpaired) electrons. The van der Waals surface area contributed by atoms with Gasteiger partial charge in [0.2, 0.25) is 5.91 Å². The molecule has 0 saturated carbocycles. The summed E-state index contributed by atoms with van der Waals surface area (Å²) < 4.78 is 0. The van der Waals surface area contributed by atoms with Gasteiger partial charge in [-0.25, -0.2) is 0 Å². The Bertz CT molecular complexity index is 520. The molecule has 0 saturated heterocycles. The Morgan fingerprint density at radius 1 is 0.955 bits per heavy atom. The Balaban J connectivity index is 2.52. The lowest BCUT2D eigenvalue weighted by molar-refractivity contribution is -0.128. The van der Waals surface area contributed by atoms with Crippen LogP contribution < -0.4 is 10.6 Å². The largest absolute Gasteiger partial charge is 0.355 e. The zero-order valence-corrected chi connectivity index (χ0v) is 14.5. The maximum Gasteiger partial charge on any atom is 0.251 e. The molecule has 0 aliphatic heterocycles. The van der Waals surface area contributed by atoms with Gasteiger partial charge in [-0.15, -0.1) is 0 Å². The molecule has 0 bridgehead atoms. The Hall–Kier alpha value is -1.84. The van der Waals surface area contributed by atoms with Gasteiger partial charge in [-0.3, -0.25) is 9.59 Å². The van der Waals surface area contributed by atoms with Crippen LogP contribution in [-0.4, -0.2) is 23.9 Å². The highest BCUT2D eigenvalue weighted by atomic mass is 16.2. The standard InChI is InChI=1S/C18H28N2O2/c1-17(2,3)16(22)19-12-11-13-7-9-14(10-8-13)15(21)20-18(4,5)6/h7-10H,11-12H2,1-6H3,(H,19,22)(H,20,21). The van der Waals surface area contributed by atoms with Crippen LogP contribution in [0.4, 0.5) is 0 Å². The fourth-order valence-corrected chi connectivity index (χ4v) is 1.82. The summed E-state index contributed by atoms with van der Waals surface area (Å²) in [5, 5.41) is 5.85. The first-order chi connectivity index (χ1) is 9.99. The average molecular weight is 304 g/mol. The van der Waals surface area contributed by atoms with E-state index in [0.717, 1.165) is 12.0 Å². The van der Waals surface area contributed by atoms with Crippen LogP contribution in [0, 0.1) is 5.41 Å². The predicted molar refractivity (Wildman–Crippen MR) is 89.8 cm³/mol. The fourth-order valence-electron chi connectivity index (χ4n) is 1.82. The summed E-state index contributed by atoms with van der Waals surface area (Å²) >= 11 is 0. The highest BCUT2D eigenvalue weighted by Gasteiger charge is 2.20. The van der Waals surface area contributed by atoms with Crippen molar-refractivity contribution in [2.24, 2.45) is 5.41 Å². The van der Waals surface area contributed by atoms with Crippen molar-refractivity contribution in [3.05, 3.63) is 35.4 Å². The van der Waals surface area contributed by atoms with Gasteiger partial charge in [0.25, 0.3) is 5.91 Å². The molecule has 4 nitrogen and oxygen atoms in total. The molecule has 0 spiro atoms. The normalized spacial score (nSPS) is 11.9. The van der Waals surface area contributed by atoms with Crippen molar-refractivity contribution < 1.29 is 9.59 Å². The van der Waals surface area contributed by atoms with E-state index in [0.29, 0.717) is 12.1 Å². The van der Waals surface area contributed by atoms with Crippen LogP contribution in [-0.2, 0) is 11.2 Å². The monoisotopic (exact) mass is 304 g/mol. The van der Waals surface area contributed by atoms with E-state index in [-0.39, 0.29) is 22.8 Å². The summed E-state index contributed by atoms with van der Waals surface area (Å²) in [5.74, 6) is -0.0197. The first-order valence-electron chi connectivity index (χ1n) is 7.69. The van der Waals surface area contributed by atoms with E-state index in [1.54, 1.807) is 0 Å². The molecule has 4 heteroatoms.